The van der Waals surface area contributed by atoms with Crippen LogP contribution in [0.1, 0.15) is 32.6 Å². The first-order valence-corrected chi connectivity index (χ1v) is 7.94. The molecule has 2 atom stereocenters. The van der Waals surface area contributed by atoms with Crippen LogP contribution in [0.3, 0.4) is 0 Å². The van der Waals surface area contributed by atoms with Gasteiger partial charge in [-0.2, -0.15) is 0 Å². The molecule has 0 aromatic carbocycles. The number of piperazine rings is 1. The maximum atomic E-state index is 12.6. The number of nitrogens with zero attached hydrogens (tertiary/aromatic N) is 2. The third-order valence-corrected chi connectivity index (χ3v) is 4.77. The third-order valence-electron chi connectivity index (χ3n) is 4.77. The minimum atomic E-state index is -0.443. The van der Waals surface area contributed by atoms with Crippen molar-refractivity contribution < 1.29 is 9.59 Å². The van der Waals surface area contributed by atoms with Crippen molar-refractivity contribution in [1.29, 1.82) is 0 Å². The van der Waals surface area contributed by atoms with Crippen molar-refractivity contribution in [2.24, 2.45) is 11.7 Å². The number of carbonyl (C=O) groups excluding carboxylic acids is 2. The Bertz CT molecular complexity index is 391. The van der Waals surface area contributed by atoms with Crippen LogP contribution in [0.2, 0.25) is 0 Å². The van der Waals surface area contributed by atoms with Crippen LogP contribution in [0.4, 0.5) is 0 Å². The molecule has 6 heteroatoms. The van der Waals surface area contributed by atoms with E-state index in [0.29, 0.717) is 0 Å². The van der Waals surface area contributed by atoms with Crippen LogP contribution in [-0.4, -0.2) is 66.9 Å². The van der Waals surface area contributed by atoms with Gasteiger partial charge in [0.05, 0.1) is 12.5 Å². The van der Waals surface area contributed by atoms with Crippen LogP contribution >= 0.6 is 0 Å². The lowest BCUT2D eigenvalue weighted by molar-refractivity contribution is -0.144. The Balaban J connectivity index is 1.91. The monoisotopic (exact) mass is 296 g/mol. The summed E-state index contributed by atoms with van der Waals surface area (Å²) in [6.45, 7) is 5.21. The fraction of sp³-hybridized carbons (Fsp3) is 0.867. The standard InChI is InChI=1S/C15H28N4O2/c1-15(16)6-4-3-5-12(15)14(21)18(2)11-13(20)19-9-7-17-8-10-19/h12,17H,3-11,16H2,1-2H3. The minimum absolute atomic E-state index is 0.0168. The van der Waals surface area contributed by atoms with E-state index in [2.05, 4.69) is 5.32 Å². The number of carbonyl (C=O) groups is 2. The average molecular weight is 296 g/mol. The second kappa shape index (κ2) is 6.75. The molecule has 0 bridgehead atoms. The summed E-state index contributed by atoms with van der Waals surface area (Å²) >= 11 is 0. The molecule has 0 spiro atoms. The number of likely N-dealkylation sites (N-methyl/N-ethyl adjacent to an activating group) is 1. The summed E-state index contributed by atoms with van der Waals surface area (Å²) in [4.78, 5) is 28.2. The zero-order chi connectivity index (χ0) is 15.5. The SMILES string of the molecule is CN(CC(=O)N1CCNCC1)C(=O)C1CCCCC1(C)N. The second-order valence-corrected chi connectivity index (χ2v) is 6.63. The lowest BCUT2D eigenvalue weighted by atomic mass is 9.74. The summed E-state index contributed by atoms with van der Waals surface area (Å²) in [5.74, 6) is -0.114. The Labute approximate surface area is 127 Å². The van der Waals surface area contributed by atoms with Crippen LogP contribution in [0.5, 0.6) is 0 Å². The third kappa shape index (κ3) is 3.95. The summed E-state index contributed by atoms with van der Waals surface area (Å²) < 4.78 is 0. The number of hydrogen-bond acceptors (Lipinski definition) is 4. The first-order chi connectivity index (χ1) is 9.92. The van der Waals surface area contributed by atoms with E-state index < -0.39 is 5.54 Å². The first kappa shape index (κ1) is 16.2. The maximum absolute atomic E-state index is 12.6. The summed E-state index contributed by atoms with van der Waals surface area (Å²) in [5, 5.41) is 3.22. The first-order valence-electron chi connectivity index (χ1n) is 7.94. The number of hydrogen-bond donors (Lipinski definition) is 2. The van der Waals surface area contributed by atoms with Crippen LogP contribution in [-0.2, 0) is 9.59 Å². The van der Waals surface area contributed by atoms with Gasteiger partial charge in [-0.15, -0.1) is 0 Å². The zero-order valence-corrected chi connectivity index (χ0v) is 13.2. The zero-order valence-electron chi connectivity index (χ0n) is 13.2. The molecule has 1 aliphatic carbocycles. The van der Waals surface area contributed by atoms with Crippen molar-refractivity contribution in [3.63, 3.8) is 0 Å². The molecular formula is C15H28N4O2. The molecule has 2 amide bonds. The van der Waals surface area contributed by atoms with Gasteiger partial charge in [0.15, 0.2) is 0 Å². The molecule has 1 saturated carbocycles. The highest BCUT2D eigenvalue weighted by molar-refractivity contribution is 5.86. The van der Waals surface area contributed by atoms with Gasteiger partial charge in [0.2, 0.25) is 11.8 Å². The molecule has 0 aromatic heterocycles. The van der Waals surface area contributed by atoms with E-state index in [-0.39, 0.29) is 24.3 Å². The molecule has 0 aromatic rings. The summed E-state index contributed by atoms with van der Waals surface area (Å²) in [6.07, 6.45) is 3.84. The predicted molar refractivity (Wildman–Crippen MR) is 81.6 cm³/mol. The second-order valence-electron chi connectivity index (χ2n) is 6.63. The van der Waals surface area contributed by atoms with Gasteiger partial charge in [-0.1, -0.05) is 12.8 Å². The maximum Gasteiger partial charge on any atom is 0.242 e. The highest BCUT2D eigenvalue weighted by Crippen LogP contribution is 2.32. The average Bonchev–Trinajstić information content (AvgIpc) is 2.47. The smallest absolute Gasteiger partial charge is 0.242 e. The van der Waals surface area contributed by atoms with Crippen molar-refractivity contribution in [3.8, 4) is 0 Å². The van der Waals surface area contributed by atoms with Crippen molar-refractivity contribution in [1.82, 2.24) is 15.1 Å². The highest BCUT2D eigenvalue weighted by Gasteiger charge is 2.39. The molecule has 1 heterocycles. The Morgan fingerprint density at radius 1 is 1.33 bits per heavy atom. The van der Waals surface area contributed by atoms with Crippen molar-refractivity contribution in [2.75, 3.05) is 39.8 Å². The van der Waals surface area contributed by atoms with Gasteiger partial charge >= 0.3 is 0 Å². The number of rotatable bonds is 3. The van der Waals surface area contributed by atoms with E-state index in [9.17, 15) is 9.59 Å². The molecular weight excluding hydrogens is 268 g/mol. The molecule has 21 heavy (non-hydrogen) atoms. The lowest BCUT2D eigenvalue weighted by Crippen LogP contribution is -2.55. The van der Waals surface area contributed by atoms with Gasteiger partial charge in [0, 0.05) is 38.8 Å². The van der Waals surface area contributed by atoms with E-state index in [1.165, 1.54) is 0 Å². The lowest BCUT2D eigenvalue weighted by Gasteiger charge is -2.39. The Hall–Kier alpha value is -1.14. The van der Waals surface area contributed by atoms with Gasteiger partial charge < -0.3 is 20.9 Å². The molecule has 2 fully saturated rings. The topological polar surface area (TPSA) is 78.7 Å². The van der Waals surface area contributed by atoms with Gasteiger partial charge in [-0.05, 0) is 19.8 Å². The molecule has 2 rings (SSSR count). The van der Waals surface area contributed by atoms with E-state index in [0.717, 1.165) is 51.9 Å². The van der Waals surface area contributed by atoms with E-state index in [1.807, 2.05) is 11.8 Å². The number of amides is 2. The van der Waals surface area contributed by atoms with E-state index in [1.54, 1.807) is 11.9 Å². The molecule has 2 aliphatic rings. The van der Waals surface area contributed by atoms with Gasteiger partial charge in [-0.3, -0.25) is 9.59 Å². The summed E-state index contributed by atoms with van der Waals surface area (Å²) in [7, 11) is 1.72. The largest absolute Gasteiger partial charge is 0.339 e. The van der Waals surface area contributed by atoms with Gasteiger partial charge in [0.1, 0.15) is 0 Å². The molecule has 6 nitrogen and oxygen atoms in total. The summed E-state index contributed by atoms with van der Waals surface area (Å²) in [5.41, 5.74) is 5.84. The highest BCUT2D eigenvalue weighted by atomic mass is 16.2. The van der Waals surface area contributed by atoms with Crippen LogP contribution in [0.15, 0.2) is 0 Å². The van der Waals surface area contributed by atoms with Crippen LogP contribution < -0.4 is 11.1 Å². The Morgan fingerprint density at radius 3 is 2.62 bits per heavy atom. The Morgan fingerprint density at radius 2 is 2.00 bits per heavy atom. The summed E-state index contributed by atoms with van der Waals surface area (Å²) in [6, 6.07) is 0. The van der Waals surface area contributed by atoms with Crippen LogP contribution in [0, 0.1) is 5.92 Å². The molecule has 3 N–H and O–H groups in total. The normalized spacial score (nSPS) is 30.0. The minimum Gasteiger partial charge on any atom is -0.339 e. The molecule has 0 radical (unpaired) electrons. The van der Waals surface area contributed by atoms with Crippen molar-refractivity contribution in [2.45, 2.75) is 38.1 Å². The Kier molecular flexibility index (Phi) is 5.22. The molecule has 1 aliphatic heterocycles. The number of nitrogens with one attached hydrogen (secondary N) is 1. The molecule has 120 valence electrons. The predicted octanol–water partition coefficient (Wildman–Crippen LogP) is -0.216. The fourth-order valence-electron chi connectivity index (χ4n) is 3.32. The van der Waals surface area contributed by atoms with Gasteiger partial charge in [0.25, 0.3) is 0 Å². The molecule has 1 saturated heterocycles. The van der Waals surface area contributed by atoms with Crippen LogP contribution in [0.25, 0.3) is 0 Å². The van der Waals surface area contributed by atoms with Crippen molar-refractivity contribution in [3.05, 3.63) is 0 Å². The van der Waals surface area contributed by atoms with Crippen molar-refractivity contribution >= 4 is 11.8 Å². The number of nitrogens with two attached hydrogens (primary N) is 1. The quantitative estimate of drug-likeness (QED) is 0.755. The fourth-order valence-corrected chi connectivity index (χ4v) is 3.32. The molecule has 2 unspecified atom stereocenters. The van der Waals surface area contributed by atoms with E-state index in [4.69, 9.17) is 5.73 Å². The van der Waals surface area contributed by atoms with Gasteiger partial charge in [-0.25, -0.2) is 0 Å². The van der Waals surface area contributed by atoms with E-state index >= 15 is 0 Å².